The zero-order valence-corrected chi connectivity index (χ0v) is 24.0. The van der Waals surface area contributed by atoms with Crippen LogP contribution in [0.5, 0.6) is 0 Å². The smallest absolute Gasteiger partial charge is 0.168 e. The average Bonchev–Trinajstić information content (AvgIpc) is 2.89. The summed E-state index contributed by atoms with van der Waals surface area (Å²) in [5, 5.41) is 0. The number of benzene rings is 3. The Morgan fingerprint density at radius 3 is 1.97 bits per heavy atom. The second-order valence-electron chi connectivity index (χ2n) is 11.4. The van der Waals surface area contributed by atoms with Gasteiger partial charge in [-0.05, 0) is 58.7 Å². The monoisotopic (exact) mass is 520 g/mol. The number of hydrogen-bond donors (Lipinski definition) is 1. The molecule has 39 heavy (non-hydrogen) atoms. The Kier molecular flexibility index (Phi) is 9.95. The van der Waals surface area contributed by atoms with Gasteiger partial charge in [-0.1, -0.05) is 107 Å². The maximum Gasteiger partial charge on any atom is 0.168 e. The molecule has 4 heteroatoms. The summed E-state index contributed by atoms with van der Waals surface area (Å²) < 4.78 is 0. The third kappa shape index (κ3) is 9.03. The van der Waals surface area contributed by atoms with Crippen LogP contribution in [0.2, 0.25) is 0 Å². The first-order valence-electron chi connectivity index (χ1n) is 13.4. The molecule has 0 amide bonds. The lowest BCUT2D eigenvalue weighted by Crippen LogP contribution is -2.12. The molecule has 3 aromatic carbocycles. The van der Waals surface area contributed by atoms with Crippen molar-refractivity contribution < 1.29 is 9.59 Å². The molecule has 4 nitrogen and oxygen atoms in total. The molecule has 4 aromatic rings. The number of nitrogen functional groups attached to an aromatic ring is 1. The molecule has 0 atom stereocenters. The lowest BCUT2D eigenvalue weighted by atomic mass is 9.85. The molecular weight excluding hydrogens is 480 g/mol. The number of ketones is 2. The summed E-state index contributed by atoms with van der Waals surface area (Å²) in [4.78, 5) is 28.4. The Morgan fingerprint density at radius 1 is 0.769 bits per heavy atom. The van der Waals surface area contributed by atoms with E-state index in [0.717, 1.165) is 22.3 Å². The SMILES string of the molecule is CC(C)(C)c1cccc(CC(=O)c2ccc(N)nc2)c1.Cc1cccc(C(=O)Cc2cccc(C(C)C)c2)c1. The summed E-state index contributed by atoms with van der Waals surface area (Å²) in [7, 11) is 0. The van der Waals surface area contributed by atoms with Crippen molar-refractivity contribution in [1.82, 2.24) is 4.98 Å². The number of rotatable bonds is 7. The van der Waals surface area contributed by atoms with Crippen molar-refractivity contribution in [3.8, 4) is 0 Å². The van der Waals surface area contributed by atoms with Gasteiger partial charge in [0.1, 0.15) is 5.82 Å². The fourth-order valence-electron chi connectivity index (χ4n) is 4.17. The number of carbonyl (C=O) groups is 2. The van der Waals surface area contributed by atoms with Gasteiger partial charge in [-0.3, -0.25) is 9.59 Å². The van der Waals surface area contributed by atoms with Gasteiger partial charge < -0.3 is 5.73 Å². The summed E-state index contributed by atoms with van der Waals surface area (Å²) in [6, 6.07) is 27.7. The zero-order valence-electron chi connectivity index (χ0n) is 24.0. The van der Waals surface area contributed by atoms with Crippen LogP contribution in [0.1, 0.15) is 89.1 Å². The number of nitrogens with two attached hydrogens (primary N) is 1. The highest BCUT2D eigenvalue weighted by atomic mass is 16.1. The van der Waals surface area contributed by atoms with Crippen molar-refractivity contribution >= 4 is 17.4 Å². The van der Waals surface area contributed by atoms with Crippen molar-refractivity contribution in [3.05, 3.63) is 130 Å². The first-order chi connectivity index (χ1) is 18.4. The van der Waals surface area contributed by atoms with E-state index in [1.807, 2.05) is 55.5 Å². The van der Waals surface area contributed by atoms with E-state index < -0.39 is 0 Å². The van der Waals surface area contributed by atoms with E-state index >= 15 is 0 Å². The fourth-order valence-corrected chi connectivity index (χ4v) is 4.17. The molecule has 4 rings (SSSR count). The maximum absolute atomic E-state index is 12.2. The Morgan fingerprint density at radius 2 is 1.38 bits per heavy atom. The van der Waals surface area contributed by atoms with Crippen molar-refractivity contribution in [2.45, 2.75) is 65.7 Å². The Labute approximate surface area is 233 Å². The lowest BCUT2D eigenvalue weighted by Gasteiger charge is -2.19. The second kappa shape index (κ2) is 13.1. The second-order valence-corrected chi connectivity index (χ2v) is 11.4. The molecule has 0 fully saturated rings. The molecule has 0 aliphatic rings. The molecule has 202 valence electrons. The molecule has 0 radical (unpaired) electrons. The minimum atomic E-state index is 0.0589. The highest BCUT2D eigenvalue weighted by molar-refractivity contribution is 5.98. The van der Waals surface area contributed by atoms with E-state index in [4.69, 9.17) is 5.73 Å². The van der Waals surface area contributed by atoms with Crippen molar-refractivity contribution in [3.63, 3.8) is 0 Å². The highest BCUT2D eigenvalue weighted by Crippen LogP contribution is 2.23. The Hall–Kier alpha value is -4.05. The van der Waals surface area contributed by atoms with Gasteiger partial charge in [0.2, 0.25) is 0 Å². The summed E-state index contributed by atoms with van der Waals surface area (Å²) in [6.07, 6.45) is 2.39. The van der Waals surface area contributed by atoms with Gasteiger partial charge in [-0.25, -0.2) is 4.98 Å². The first kappa shape index (κ1) is 29.5. The van der Waals surface area contributed by atoms with E-state index in [1.54, 1.807) is 12.1 Å². The number of pyridine rings is 1. The molecule has 1 heterocycles. The van der Waals surface area contributed by atoms with Crippen molar-refractivity contribution in [2.24, 2.45) is 0 Å². The fraction of sp³-hybridized carbons (Fsp3) is 0.286. The van der Waals surface area contributed by atoms with Gasteiger partial charge in [0.25, 0.3) is 0 Å². The van der Waals surface area contributed by atoms with E-state index in [-0.39, 0.29) is 17.0 Å². The number of nitrogens with zero attached hydrogens (tertiary/aromatic N) is 1. The number of carbonyl (C=O) groups excluding carboxylic acids is 2. The first-order valence-corrected chi connectivity index (χ1v) is 13.4. The molecule has 0 saturated heterocycles. The molecule has 2 N–H and O–H groups in total. The number of Topliss-reactive ketones (excluding diaryl/α,β-unsaturated/α-hetero) is 2. The van der Waals surface area contributed by atoms with E-state index in [9.17, 15) is 9.59 Å². The highest BCUT2D eigenvalue weighted by Gasteiger charge is 2.15. The van der Waals surface area contributed by atoms with Crippen LogP contribution >= 0.6 is 0 Å². The van der Waals surface area contributed by atoms with Gasteiger partial charge in [-0.15, -0.1) is 0 Å². The summed E-state index contributed by atoms with van der Waals surface area (Å²) >= 11 is 0. The van der Waals surface area contributed by atoms with Crippen LogP contribution in [0.3, 0.4) is 0 Å². The number of aromatic nitrogens is 1. The quantitative estimate of drug-likeness (QED) is 0.251. The standard InChI is InChI=1S/C18H20O.C17H20N2O/c1-13(2)16-8-5-7-15(11-16)12-18(19)17-9-4-6-14(3)10-17;1-17(2,3)14-6-4-5-12(9-14)10-15(20)13-7-8-16(18)19-11-13/h4-11,13H,12H2,1-3H3;4-9,11H,10H2,1-3H3,(H2,18,19). The minimum Gasteiger partial charge on any atom is -0.384 e. The summed E-state index contributed by atoms with van der Waals surface area (Å²) in [5.74, 6) is 1.17. The van der Waals surface area contributed by atoms with E-state index in [2.05, 4.69) is 63.9 Å². The van der Waals surface area contributed by atoms with Crippen molar-refractivity contribution in [1.29, 1.82) is 0 Å². The Balaban J connectivity index is 0.000000216. The maximum atomic E-state index is 12.2. The van der Waals surface area contributed by atoms with E-state index in [1.165, 1.54) is 17.3 Å². The number of anilines is 1. The van der Waals surface area contributed by atoms with Gasteiger partial charge in [0.15, 0.2) is 11.6 Å². The summed E-state index contributed by atoms with van der Waals surface area (Å²) in [5.41, 5.74) is 12.8. The molecule has 0 aliphatic heterocycles. The predicted octanol–water partition coefficient (Wildman–Crippen LogP) is 7.93. The molecule has 0 unspecified atom stereocenters. The predicted molar refractivity (Wildman–Crippen MR) is 162 cm³/mol. The van der Waals surface area contributed by atoms with Crippen LogP contribution in [0.25, 0.3) is 0 Å². The summed E-state index contributed by atoms with van der Waals surface area (Å²) in [6.45, 7) is 12.8. The molecule has 1 aromatic heterocycles. The van der Waals surface area contributed by atoms with E-state index in [0.29, 0.717) is 30.1 Å². The van der Waals surface area contributed by atoms with Crippen LogP contribution in [-0.4, -0.2) is 16.6 Å². The normalized spacial score (nSPS) is 11.1. The van der Waals surface area contributed by atoms with Crippen molar-refractivity contribution in [2.75, 3.05) is 5.73 Å². The topological polar surface area (TPSA) is 73.1 Å². The largest absolute Gasteiger partial charge is 0.384 e. The minimum absolute atomic E-state index is 0.0589. The van der Waals surface area contributed by atoms with Gasteiger partial charge in [-0.2, -0.15) is 0 Å². The lowest BCUT2D eigenvalue weighted by molar-refractivity contribution is 0.0984. The molecule has 0 spiro atoms. The van der Waals surface area contributed by atoms with Crippen LogP contribution in [-0.2, 0) is 18.3 Å². The van der Waals surface area contributed by atoms with Crippen LogP contribution in [0.4, 0.5) is 5.82 Å². The molecular formula is C35H40N2O2. The van der Waals surface area contributed by atoms with Crippen LogP contribution < -0.4 is 5.73 Å². The molecule has 0 bridgehead atoms. The zero-order chi connectivity index (χ0) is 28.6. The van der Waals surface area contributed by atoms with Gasteiger partial charge in [0.05, 0.1) is 0 Å². The third-order valence-corrected chi connectivity index (χ3v) is 6.59. The third-order valence-electron chi connectivity index (χ3n) is 6.59. The molecule has 0 saturated carbocycles. The number of aryl methyl sites for hydroxylation is 1. The molecule has 0 aliphatic carbocycles. The van der Waals surface area contributed by atoms with Gasteiger partial charge in [0, 0.05) is 30.2 Å². The van der Waals surface area contributed by atoms with Gasteiger partial charge >= 0.3 is 0 Å². The van der Waals surface area contributed by atoms with Crippen LogP contribution in [0, 0.1) is 6.92 Å². The van der Waals surface area contributed by atoms with Crippen LogP contribution in [0.15, 0.2) is 91.1 Å². The average molecular weight is 521 g/mol. The Bertz CT molecular complexity index is 1410. The number of hydrogen-bond acceptors (Lipinski definition) is 4.